The van der Waals surface area contributed by atoms with Gasteiger partial charge in [0.25, 0.3) is 0 Å². The number of aliphatic imine (C=N–C) groups is 1. The van der Waals surface area contributed by atoms with Crippen molar-refractivity contribution in [3.8, 4) is 0 Å². The van der Waals surface area contributed by atoms with Crippen LogP contribution in [-0.2, 0) is 4.79 Å². The highest BCUT2D eigenvalue weighted by Crippen LogP contribution is 2.26. The number of guanidine groups is 1. The van der Waals surface area contributed by atoms with Gasteiger partial charge in [0.2, 0.25) is 5.91 Å². The van der Waals surface area contributed by atoms with E-state index in [1.54, 1.807) is 0 Å². The van der Waals surface area contributed by atoms with E-state index < -0.39 is 0 Å². The molecule has 0 aromatic heterocycles. The largest absolute Gasteiger partial charge is 0.367 e. The van der Waals surface area contributed by atoms with E-state index in [2.05, 4.69) is 38.0 Å². The van der Waals surface area contributed by atoms with Gasteiger partial charge in [-0.1, -0.05) is 30.7 Å². The number of carbonyl (C=O) groups is 1. The maximum atomic E-state index is 12.0. The lowest BCUT2D eigenvalue weighted by molar-refractivity contribution is -0.129. The molecule has 6 nitrogen and oxygen atoms in total. The van der Waals surface area contributed by atoms with Gasteiger partial charge in [0.1, 0.15) is 0 Å². The molecule has 1 aromatic carbocycles. The van der Waals surface area contributed by atoms with Crippen LogP contribution in [0.1, 0.15) is 32.6 Å². The normalized spacial score (nSPS) is 19.3. The maximum absolute atomic E-state index is 12.0. The maximum Gasteiger partial charge on any atom is 0.222 e. The van der Waals surface area contributed by atoms with E-state index in [0.29, 0.717) is 18.4 Å². The Balaban J connectivity index is 1.47. The Hall–Kier alpha value is -1.95. The fraction of sp³-hybridized carbons (Fsp3) is 0.619. The first-order valence-corrected chi connectivity index (χ1v) is 10.8. The zero-order chi connectivity index (χ0) is 19.9. The number of hydrogen-bond donors (Lipinski definition) is 1. The molecule has 2 fully saturated rings. The van der Waals surface area contributed by atoms with Crippen LogP contribution in [0.3, 0.4) is 0 Å². The molecule has 3 rings (SSSR count). The summed E-state index contributed by atoms with van der Waals surface area (Å²) in [4.78, 5) is 23.2. The van der Waals surface area contributed by atoms with Gasteiger partial charge in [0, 0.05) is 58.8 Å². The third-order valence-electron chi connectivity index (χ3n) is 5.77. The Morgan fingerprint density at radius 1 is 1.21 bits per heavy atom. The van der Waals surface area contributed by atoms with Gasteiger partial charge in [-0.25, -0.2) is 0 Å². The van der Waals surface area contributed by atoms with Gasteiger partial charge < -0.3 is 20.0 Å². The summed E-state index contributed by atoms with van der Waals surface area (Å²) in [6, 6.07) is 8.35. The number of piperazine rings is 1. The average Bonchev–Trinajstić information content (AvgIpc) is 3.15. The predicted octanol–water partition coefficient (Wildman–Crippen LogP) is 2.83. The number of para-hydroxylation sites is 1. The zero-order valence-electron chi connectivity index (χ0n) is 17.0. The van der Waals surface area contributed by atoms with Crippen LogP contribution in [-0.4, -0.2) is 74.0 Å². The summed E-state index contributed by atoms with van der Waals surface area (Å²) in [6.07, 6.45) is 3.67. The third kappa shape index (κ3) is 4.90. The molecule has 1 N–H and O–H groups in total. The zero-order valence-corrected chi connectivity index (χ0v) is 17.8. The van der Waals surface area contributed by atoms with E-state index in [0.717, 1.165) is 75.2 Å². The van der Waals surface area contributed by atoms with Gasteiger partial charge in [-0.3, -0.25) is 9.79 Å². The molecule has 0 aliphatic carbocycles. The molecule has 2 heterocycles. The first-order valence-electron chi connectivity index (χ1n) is 10.4. The Kier molecular flexibility index (Phi) is 7.43. The number of nitrogens with one attached hydrogen (secondary N) is 1. The minimum Gasteiger partial charge on any atom is -0.367 e. The van der Waals surface area contributed by atoms with Crippen molar-refractivity contribution in [2.45, 2.75) is 38.6 Å². The molecule has 0 spiro atoms. The highest BCUT2D eigenvalue weighted by atomic mass is 35.5. The van der Waals surface area contributed by atoms with E-state index in [1.807, 2.05) is 25.2 Å². The number of amides is 1. The third-order valence-corrected chi connectivity index (χ3v) is 6.09. The molecule has 2 aliphatic heterocycles. The summed E-state index contributed by atoms with van der Waals surface area (Å²) < 4.78 is 0. The van der Waals surface area contributed by atoms with Crippen LogP contribution in [0.25, 0.3) is 0 Å². The molecule has 28 heavy (non-hydrogen) atoms. The molecule has 2 saturated heterocycles. The second-order valence-electron chi connectivity index (χ2n) is 7.44. The summed E-state index contributed by atoms with van der Waals surface area (Å²) in [5.74, 6) is 1.26. The molecule has 154 valence electrons. The molecule has 2 aliphatic rings. The minimum absolute atomic E-state index is 0.312. The van der Waals surface area contributed by atoms with Crippen LogP contribution in [0.5, 0.6) is 0 Å². The van der Waals surface area contributed by atoms with Gasteiger partial charge in [0.05, 0.1) is 10.7 Å². The fourth-order valence-electron chi connectivity index (χ4n) is 4.19. The number of hydrogen-bond acceptors (Lipinski definition) is 3. The molecular formula is C21H32ClN5O. The summed E-state index contributed by atoms with van der Waals surface area (Å²) in [5.41, 5.74) is 1.10. The number of halogens is 1. The topological polar surface area (TPSA) is 51.2 Å². The number of carbonyl (C=O) groups excluding carboxylic acids is 1. The fourth-order valence-corrected chi connectivity index (χ4v) is 4.44. The summed E-state index contributed by atoms with van der Waals surface area (Å²) in [5, 5.41) is 4.31. The summed E-state index contributed by atoms with van der Waals surface area (Å²) in [6.45, 7) is 7.57. The van der Waals surface area contributed by atoms with Crippen LogP contribution < -0.4 is 10.2 Å². The van der Waals surface area contributed by atoms with Crippen molar-refractivity contribution in [3.63, 3.8) is 0 Å². The van der Waals surface area contributed by atoms with Gasteiger partial charge in [-0.2, -0.15) is 0 Å². The minimum atomic E-state index is 0.312. The molecular weight excluding hydrogens is 374 g/mol. The average molecular weight is 406 g/mol. The first kappa shape index (κ1) is 20.8. The number of likely N-dealkylation sites (tertiary alicyclic amines) is 1. The standard InChI is InChI=1S/C21H32ClN5O/c1-3-17(27-12-6-9-20(27)28)10-11-24-21(23-2)26-15-13-25(14-16-26)19-8-5-4-7-18(19)22/h4-5,7-8,17H,3,6,9-16H2,1-2H3,(H,23,24). The molecule has 0 radical (unpaired) electrons. The van der Waals surface area contributed by atoms with Crippen LogP contribution in [0.15, 0.2) is 29.3 Å². The van der Waals surface area contributed by atoms with Gasteiger partial charge >= 0.3 is 0 Å². The Morgan fingerprint density at radius 3 is 2.57 bits per heavy atom. The van der Waals surface area contributed by atoms with Crippen molar-refractivity contribution in [2.75, 3.05) is 51.2 Å². The second kappa shape index (κ2) is 10.0. The quantitative estimate of drug-likeness (QED) is 0.584. The molecule has 1 atom stereocenters. The van der Waals surface area contributed by atoms with Crippen LogP contribution >= 0.6 is 11.6 Å². The molecule has 0 bridgehead atoms. The van der Waals surface area contributed by atoms with Gasteiger partial charge in [-0.15, -0.1) is 0 Å². The van der Waals surface area contributed by atoms with E-state index >= 15 is 0 Å². The van der Waals surface area contributed by atoms with Crippen molar-refractivity contribution in [1.29, 1.82) is 0 Å². The number of rotatable bonds is 6. The predicted molar refractivity (Wildman–Crippen MR) is 116 cm³/mol. The molecule has 7 heteroatoms. The Morgan fingerprint density at radius 2 is 1.96 bits per heavy atom. The molecule has 1 aromatic rings. The Labute approximate surface area is 173 Å². The van der Waals surface area contributed by atoms with E-state index in [9.17, 15) is 4.79 Å². The lowest BCUT2D eigenvalue weighted by atomic mass is 10.1. The monoisotopic (exact) mass is 405 g/mol. The van der Waals surface area contributed by atoms with Gasteiger partial charge in [-0.05, 0) is 31.4 Å². The molecule has 0 saturated carbocycles. The smallest absolute Gasteiger partial charge is 0.222 e. The van der Waals surface area contributed by atoms with Crippen molar-refractivity contribution in [2.24, 2.45) is 4.99 Å². The highest BCUT2D eigenvalue weighted by molar-refractivity contribution is 6.33. The van der Waals surface area contributed by atoms with Crippen LogP contribution in [0.4, 0.5) is 5.69 Å². The number of nitrogens with zero attached hydrogens (tertiary/aromatic N) is 4. The summed E-state index contributed by atoms with van der Waals surface area (Å²) in [7, 11) is 1.84. The number of anilines is 1. The molecule has 1 amide bonds. The van der Waals surface area contributed by atoms with Crippen molar-refractivity contribution >= 4 is 29.2 Å². The van der Waals surface area contributed by atoms with E-state index in [4.69, 9.17) is 11.6 Å². The van der Waals surface area contributed by atoms with Crippen LogP contribution in [0, 0.1) is 0 Å². The number of benzene rings is 1. The van der Waals surface area contributed by atoms with Crippen LogP contribution in [0.2, 0.25) is 5.02 Å². The SMILES string of the molecule is CCC(CCNC(=NC)N1CCN(c2ccccc2Cl)CC1)N1CCCC1=O. The summed E-state index contributed by atoms with van der Waals surface area (Å²) >= 11 is 6.34. The second-order valence-corrected chi connectivity index (χ2v) is 7.85. The lowest BCUT2D eigenvalue weighted by Gasteiger charge is -2.38. The van der Waals surface area contributed by atoms with Crippen molar-refractivity contribution in [1.82, 2.24) is 15.1 Å². The van der Waals surface area contributed by atoms with E-state index in [-0.39, 0.29) is 0 Å². The van der Waals surface area contributed by atoms with Crippen molar-refractivity contribution < 1.29 is 4.79 Å². The van der Waals surface area contributed by atoms with Crippen molar-refractivity contribution in [3.05, 3.63) is 29.3 Å². The lowest BCUT2D eigenvalue weighted by Crippen LogP contribution is -2.53. The first-order chi connectivity index (χ1) is 13.6. The highest BCUT2D eigenvalue weighted by Gasteiger charge is 2.27. The molecule has 1 unspecified atom stereocenters. The Bertz CT molecular complexity index is 687. The van der Waals surface area contributed by atoms with E-state index in [1.165, 1.54) is 0 Å². The van der Waals surface area contributed by atoms with Gasteiger partial charge in [0.15, 0.2) is 5.96 Å².